The van der Waals surface area contributed by atoms with Gasteiger partial charge in [-0.05, 0) is 42.5 Å². The minimum absolute atomic E-state index is 0.0109. The van der Waals surface area contributed by atoms with Crippen LogP contribution in [-0.2, 0) is 6.18 Å². The van der Waals surface area contributed by atoms with Crippen molar-refractivity contribution in [3.8, 4) is 11.6 Å². The predicted molar refractivity (Wildman–Crippen MR) is 100 cm³/mol. The van der Waals surface area contributed by atoms with E-state index in [1.165, 1.54) is 24.7 Å². The maximum atomic E-state index is 12.9. The summed E-state index contributed by atoms with van der Waals surface area (Å²) < 4.78 is 44.2. The average Bonchev–Trinajstić information content (AvgIpc) is 2.65. The first kappa shape index (κ1) is 19.6. The minimum Gasteiger partial charge on any atom is -0.439 e. The number of nitrogens with one attached hydrogen (secondary N) is 2. The molecule has 0 aliphatic rings. The number of anilines is 2. The van der Waals surface area contributed by atoms with E-state index >= 15 is 0 Å². The number of ether oxygens (including phenoxy) is 1. The second-order valence-corrected chi connectivity index (χ2v) is 6.30. The van der Waals surface area contributed by atoms with E-state index in [-0.39, 0.29) is 10.2 Å². The predicted octanol–water partition coefficient (Wildman–Crippen LogP) is 5.69. The maximum absolute atomic E-state index is 12.9. The van der Waals surface area contributed by atoms with E-state index in [9.17, 15) is 18.0 Å². The number of amides is 2. The molecule has 144 valence electrons. The van der Waals surface area contributed by atoms with Crippen LogP contribution in [0.4, 0.5) is 29.3 Å². The van der Waals surface area contributed by atoms with Gasteiger partial charge in [0.25, 0.3) is 0 Å². The Balaban J connectivity index is 1.62. The quantitative estimate of drug-likeness (QED) is 0.532. The lowest BCUT2D eigenvalue weighted by Crippen LogP contribution is -2.19. The fourth-order valence-corrected chi connectivity index (χ4v) is 2.65. The molecule has 0 fully saturated rings. The van der Waals surface area contributed by atoms with E-state index < -0.39 is 17.8 Å². The molecule has 1 aromatic heterocycles. The zero-order valence-corrected chi connectivity index (χ0v) is 15.6. The summed E-state index contributed by atoms with van der Waals surface area (Å²) in [6, 6.07) is 10.7. The summed E-state index contributed by atoms with van der Waals surface area (Å²) in [6.45, 7) is 0. The van der Waals surface area contributed by atoms with E-state index in [0.29, 0.717) is 17.3 Å². The molecule has 2 amide bonds. The second-order valence-electron chi connectivity index (χ2n) is 5.45. The number of aromatic nitrogens is 2. The number of carbonyl (C=O) groups excluding carboxylic acids is 1. The Labute approximate surface area is 165 Å². The molecule has 0 radical (unpaired) electrons. The third-order valence-corrected chi connectivity index (χ3v) is 4.11. The van der Waals surface area contributed by atoms with Crippen LogP contribution in [-0.4, -0.2) is 16.0 Å². The Hall–Kier alpha value is -3.14. The van der Waals surface area contributed by atoms with Crippen molar-refractivity contribution in [3.05, 3.63) is 71.1 Å². The fraction of sp³-hybridized carbons (Fsp3) is 0.0556. The fourth-order valence-electron chi connectivity index (χ4n) is 2.18. The van der Waals surface area contributed by atoms with Gasteiger partial charge in [-0.25, -0.2) is 14.8 Å². The van der Waals surface area contributed by atoms with E-state index in [1.54, 1.807) is 30.3 Å². The Morgan fingerprint density at radius 2 is 1.68 bits per heavy atom. The number of nitrogens with zero attached hydrogens (tertiary/aromatic N) is 2. The van der Waals surface area contributed by atoms with Crippen molar-refractivity contribution in [2.24, 2.45) is 0 Å². The highest BCUT2D eigenvalue weighted by Gasteiger charge is 2.33. The molecule has 3 aromatic rings. The lowest BCUT2D eigenvalue weighted by Gasteiger charge is -2.12. The van der Waals surface area contributed by atoms with Gasteiger partial charge >= 0.3 is 12.2 Å². The molecule has 0 unspecified atom stereocenters. The monoisotopic (exact) mass is 452 g/mol. The number of benzene rings is 2. The molecule has 0 atom stereocenters. The van der Waals surface area contributed by atoms with Crippen molar-refractivity contribution in [1.82, 2.24) is 9.97 Å². The summed E-state index contributed by atoms with van der Waals surface area (Å²) in [5.41, 5.74) is -0.436. The molecular formula is C18H12BrF3N4O2. The highest BCUT2D eigenvalue weighted by Crippen LogP contribution is 2.36. The molecule has 0 bridgehead atoms. The summed E-state index contributed by atoms with van der Waals surface area (Å²) >= 11 is 2.85. The molecule has 1 heterocycles. The summed E-state index contributed by atoms with van der Waals surface area (Å²) in [7, 11) is 0. The van der Waals surface area contributed by atoms with Crippen LogP contribution >= 0.6 is 15.9 Å². The standard InChI is InChI=1S/C18H12BrF3N4O2/c19-15-6-3-12(9-14(15)18(20,21)22)26-17(27)25-11-1-4-13(5-2-11)28-16-7-8-23-10-24-16/h1-10H,(H2,25,26,27). The van der Waals surface area contributed by atoms with Crippen molar-refractivity contribution < 1.29 is 22.7 Å². The summed E-state index contributed by atoms with van der Waals surface area (Å²) in [5.74, 6) is 0.858. The number of carbonyl (C=O) groups is 1. The molecule has 0 saturated carbocycles. The molecule has 0 saturated heterocycles. The van der Waals surface area contributed by atoms with Crippen LogP contribution in [0.5, 0.6) is 11.6 Å². The second kappa shape index (κ2) is 8.26. The Morgan fingerprint density at radius 3 is 2.32 bits per heavy atom. The van der Waals surface area contributed by atoms with Crippen LogP contribution in [0.1, 0.15) is 5.56 Å². The van der Waals surface area contributed by atoms with Gasteiger partial charge < -0.3 is 15.4 Å². The van der Waals surface area contributed by atoms with Gasteiger partial charge in [0.1, 0.15) is 12.1 Å². The summed E-state index contributed by atoms with van der Waals surface area (Å²) in [4.78, 5) is 19.7. The maximum Gasteiger partial charge on any atom is 0.417 e. The van der Waals surface area contributed by atoms with Gasteiger partial charge in [-0.15, -0.1) is 0 Å². The first-order valence-electron chi connectivity index (χ1n) is 7.80. The van der Waals surface area contributed by atoms with E-state index in [0.717, 1.165) is 6.07 Å². The van der Waals surface area contributed by atoms with Crippen LogP contribution in [0.3, 0.4) is 0 Å². The topological polar surface area (TPSA) is 76.1 Å². The van der Waals surface area contributed by atoms with Crippen molar-refractivity contribution in [3.63, 3.8) is 0 Å². The third-order valence-electron chi connectivity index (χ3n) is 3.42. The Morgan fingerprint density at radius 1 is 1.00 bits per heavy atom. The molecule has 0 aliphatic heterocycles. The minimum atomic E-state index is -4.54. The highest BCUT2D eigenvalue weighted by molar-refractivity contribution is 9.10. The molecule has 6 nitrogen and oxygen atoms in total. The zero-order chi connectivity index (χ0) is 20.1. The third kappa shape index (κ3) is 5.19. The number of urea groups is 1. The van der Waals surface area contributed by atoms with Crippen LogP contribution in [0, 0.1) is 0 Å². The molecule has 10 heteroatoms. The number of alkyl halides is 3. The van der Waals surface area contributed by atoms with Gasteiger partial charge in [-0.1, -0.05) is 15.9 Å². The van der Waals surface area contributed by atoms with Crippen molar-refractivity contribution in [2.45, 2.75) is 6.18 Å². The van der Waals surface area contributed by atoms with Gasteiger partial charge in [-0.2, -0.15) is 13.2 Å². The van der Waals surface area contributed by atoms with E-state index in [4.69, 9.17) is 4.74 Å². The van der Waals surface area contributed by atoms with Crippen molar-refractivity contribution in [1.29, 1.82) is 0 Å². The Kier molecular flexibility index (Phi) is 5.78. The van der Waals surface area contributed by atoms with Gasteiger partial charge in [0.15, 0.2) is 0 Å². The van der Waals surface area contributed by atoms with Crippen LogP contribution in [0.2, 0.25) is 0 Å². The van der Waals surface area contributed by atoms with Crippen molar-refractivity contribution >= 4 is 33.3 Å². The Bertz CT molecular complexity index is 967. The molecule has 2 N–H and O–H groups in total. The molecule has 2 aromatic carbocycles. The highest BCUT2D eigenvalue weighted by atomic mass is 79.9. The smallest absolute Gasteiger partial charge is 0.417 e. The van der Waals surface area contributed by atoms with Gasteiger partial charge in [0.05, 0.1) is 5.56 Å². The summed E-state index contributed by atoms with van der Waals surface area (Å²) in [6.07, 6.45) is -1.65. The number of halogens is 4. The number of hydrogen-bond acceptors (Lipinski definition) is 4. The SMILES string of the molecule is O=C(Nc1ccc(Oc2ccncn2)cc1)Nc1ccc(Br)c(C(F)(F)F)c1. The first-order valence-corrected chi connectivity index (χ1v) is 8.59. The normalized spacial score (nSPS) is 11.0. The van der Waals surface area contributed by atoms with Crippen molar-refractivity contribution in [2.75, 3.05) is 10.6 Å². The molecule has 28 heavy (non-hydrogen) atoms. The van der Waals surface area contributed by atoms with Gasteiger partial charge in [-0.3, -0.25) is 0 Å². The molecule has 3 rings (SSSR count). The van der Waals surface area contributed by atoms with Crippen LogP contribution in [0.25, 0.3) is 0 Å². The van der Waals surface area contributed by atoms with Gasteiger partial charge in [0, 0.05) is 28.1 Å². The van der Waals surface area contributed by atoms with Crippen LogP contribution in [0.15, 0.2) is 65.5 Å². The average molecular weight is 453 g/mol. The lowest BCUT2D eigenvalue weighted by molar-refractivity contribution is -0.138. The molecular weight excluding hydrogens is 441 g/mol. The number of hydrogen-bond donors (Lipinski definition) is 2. The van der Waals surface area contributed by atoms with E-state index in [2.05, 4.69) is 36.5 Å². The van der Waals surface area contributed by atoms with Crippen LogP contribution < -0.4 is 15.4 Å². The zero-order valence-electron chi connectivity index (χ0n) is 14.0. The largest absolute Gasteiger partial charge is 0.439 e. The molecule has 0 spiro atoms. The van der Waals surface area contributed by atoms with Gasteiger partial charge in [0.2, 0.25) is 5.88 Å². The lowest BCUT2D eigenvalue weighted by atomic mass is 10.2. The first-order chi connectivity index (χ1) is 13.3. The van der Waals surface area contributed by atoms with E-state index in [1.807, 2.05) is 0 Å². The number of rotatable bonds is 4. The molecule has 0 aliphatic carbocycles. The summed E-state index contributed by atoms with van der Waals surface area (Å²) in [5, 5.41) is 4.90.